The van der Waals surface area contributed by atoms with Crippen molar-refractivity contribution >= 4 is 11.6 Å². The molecular weight excluding hydrogens is 179 g/mol. The largest absolute Gasteiger partial charge is 0.396 e. The maximum atomic E-state index is 12.1. The van der Waals surface area contributed by atoms with Gasteiger partial charge in [-0.25, -0.2) is 4.39 Å². The van der Waals surface area contributed by atoms with Gasteiger partial charge in [0.15, 0.2) is 0 Å². The maximum Gasteiger partial charge on any atom is 0.115 e. The van der Waals surface area contributed by atoms with E-state index in [0.717, 1.165) is 5.56 Å². The van der Waals surface area contributed by atoms with Gasteiger partial charge >= 0.3 is 0 Å². The van der Waals surface area contributed by atoms with Crippen molar-refractivity contribution in [3.63, 3.8) is 0 Å². The summed E-state index contributed by atoms with van der Waals surface area (Å²) in [5, 5.41) is 9.16. The fourth-order valence-corrected chi connectivity index (χ4v) is 1.29. The number of halogens is 2. The Kier molecular flexibility index (Phi) is 3.50. The Morgan fingerprint density at radius 1 is 1.42 bits per heavy atom. The molecule has 0 unspecified atom stereocenters. The van der Waals surface area contributed by atoms with Crippen molar-refractivity contribution in [2.75, 3.05) is 6.61 Å². The molecule has 1 nitrogen and oxygen atoms in total. The highest BCUT2D eigenvalue weighted by Crippen LogP contribution is 2.18. The molecule has 66 valence electrons. The van der Waals surface area contributed by atoms with Gasteiger partial charge in [-0.05, 0) is 23.6 Å². The molecule has 0 spiro atoms. The van der Waals surface area contributed by atoms with Gasteiger partial charge in [0.25, 0.3) is 0 Å². The third kappa shape index (κ3) is 2.19. The molecule has 0 aromatic heterocycles. The average Bonchev–Trinajstić information content (AvgIpc) is 2.09. The van der Waals surface area contributed by atoms with E-state index >= 15 is 0 Å². The zero-order valence-corrected chi connectivity index (χ0v) is 7.31. The first kappa shape index (κ1) is 9.49. The summed E-state index contributed by atoms with van der Waals surface area (Å²) in [6, 6.07) is 5.01. The highest BCUT2D eigenvalue weighted by atomic mass is 35.5. The predicted octanol–water partition coefficient (Wildman–Crippen LogP) is 2.34. The van der Waals surface area contributed by atoms with Crippen LogP contribution >= 0.6 is 11.6 Å². The number of aliphatic hydroxyl groups is 1. The van der Waals surface area contributed by atoms with Crippen LogP contribution in [0.3, 0.4) is 0 Å². The van der Waals surface area contributed by atoms with E-state index in [4.69, 9.17) is 16.7 Å². The van der Waals surface area contributed by atoms with Crippen LogP contribution < -0.4 is 0 Å². The molecule has 0 bridgehead atoms. The lowest BCUT2D eigenvalue weighted by atomic mass is 10.1. The van der Waals surface area contributed by atoms with E-state index in [1.165, 1.54) is 0 Å². The summed E-state index contributed by atoms with van der Waals surface area (Å²) in [4.78, 5) is 0. The number of hydrogen-bond donors (Lipinski definition) is 1. The monoisotopic (exact) mass is 188 g/mol. The molecule has 1 aromatic carbocycles. The van der Waals surface area contributed by atoms with E-state index in [9.17, 15) is 4.39 Å². The molecule has 0 aliphatic heterocycles. The van der Waals surface area contributed by atoms with Gasteiger partial charge in [-0.2, -0.15) is 0 Å². The number of benzene rings is 1. The van der Waals surface area contributed by atoms with Gasteiger partial charge in [-0.15, -0.1) is 0 Å². The summed E-state index contributed by atoms with van der Waals surface area (Å²) in [5.74, 6) is 0. The van der Waals surface area contributed by atoms with E-state index in [1.54, 1.807) is 18.2 Å². The second-order valence-electron chi connectivity index (χ2n) is 2.53. The van der Waals surface area contributed by atoms with Gasteiger partial charge in [0.05, 0.1) is 0 Å². The summed E-state index contributed by atoms with van der Waals surface area (Å²) in [6.45, 7) is -0.437. The molecule has 0 aliphatic rings. The van der Waals surface area contributed by atoms with E-state index < -0.39 is 6.67 Å². The summed E-state index contributed by atoms with van der Waals surface area (Å²) >= 11 is 5.81. The second kappa shape index (κ2) is 4.43. The van der Waals surface area contributed by atoms with Crippen LogP contribution in [0.1, 0.15) is 11.1 Å². The lowest BCUT2D eigenvalue weighted by Gasteiger charge is -2.02. The third-order valence-corrected chi connectivity index (χ3v) is 2.00. The van der Waals surface area contributed by atoms with Crippen LogP contribution in [0.5, 0.6) is 0 Å². The number of aliphatic hydroxyl groups excluding tert-OH is 1. The highest BCUT2D eigenvalue weighted by Gasteiger charge is 2.00. The zero-order chi connectivity index (χ0) is 8.97. The normalized spacial score (nSPS) is 10.2. The Labute approximate surface area is 75.8 Å². The van der Waals surface area contributed by atoms with Gasteiger partial charge in [0.2, 0.25) is 0 Å². The van der Waals surface area contributed by atoms with E-state index in [1.807, 2.05) is 0 Å². The summed E-state index contributed by atoms with van der Waals surface area (Å²) < 4.78 is 12.1. The molecule has 3 heteroatoms. The Hall–Kier alpha value is -0.600. The summed E-state index contributed by atoms with van der Waals surface area (Å²) in [6.07, 6.45) is 0.519. The molecule has 1 rings (SSSR count). The van der Waals surface area contributed by atoms with Crippen molar-refractivity contribution in [2.24, 2.45) is 0 Å². The van der Waals surface area contributed by atoms with Crippen molar-refractivity contribution in [3.8, 4) is 0 Å². The van der Waals surface area contributed by atoms with Gasteiger partial charge in [-0.3, -0.25) is 0 Å². The van der Waals surface area contributed by atoms with Gasteiger partial charge < -0.3 is 5.11 Å². The van der Waals surface area contributed by atoms with Gasteiger partial charge in [-0.1, -0.05) is 23.7 Å². The first-order valence-electron chi connectivity index (χ1n) is 3.72. The number of alkyl halides is 1. The van der Waals surface area contributed by atoms with Gasteiger partial charge in [0, 0.05) is 11.6 Å². The lowest BCUT2D eigenvalue weighted by molar-refractivity contribution is 0.299. The maximum absolute atomic E-state index is 12.1. The van der Waals surface area contributed by atoms with Crippen LogP contribution in [0, 0.1) is 0 Å². The van der Waals surface area contributed by atoms with E-state index in [0.29, 0.717) is 17.0 Å². The molecule has 12 heavy (non-hydrogen) atoms. The Morgan fingerprint density at radius 2 is 2.17 bits per heavy atom. The van der Waals surface area contributed by atoms with Crippen LogP contribution in [0.4, 0.5) is 4.39 Å². The predicted molar refractivity (Wildman–Crippen MR) is 47.1 cm³/mol. The number of hydrogen-bond acceptors (Lipinski definition) is 1. The average molecular weight is 189 g/mol. The van der Waals surface area contributed by atoms with Crippen molar-refractivity contribution in [1.82, 2.24) is 0 Å². The van der Waals surface area contributed by atoms with Crippen LogP contribution in [0.2, 0.25) is 5.02 Å². The summed E-state index contributed by atoms with van der Waals surface area (Å²) in [5.41, 5.74) is 1.43. The minimum atomic E-state index is -0.501. The Balaban J connectivity index is 2.87. The first-order chi connectivity index (χ1) is 5.77. The molecule has 0 saturated carbocycles. The zero-order valence-electron chi connectivity index (χ0n) is 6.56. The fraction of sp³-hybridized carbons (Fsp3) is 0.333. The van der Waals surface area contributed by atoms with E-state index in [2.05, 4.69) is 0 Å². The summed E-state index contributed by atoms with van der Waals surface area (Å²) in [7, 11) is 0. The smallest absolute Gasteiger partial charge is 0.115 e. The van der Waals surface area contributed by atoms with Crippen LogP contribution in [-0.4, -0.2) is 11.7 Å². The third-order valence-electron chi connectivity index (χ3n) is 1.65. The van der Waals surface area contributed by atoms with Crippen molar-refractivity contribution < 1.29 is 9.50 Å². The van der Waals surface area contributed by atoms with Crippen molar-refractivity contribution in [2.45, 2.75) is 13.1 Å². The molecular formula is C9H10ClFO. The highest BCUT2D eigenvalue weighted by molar-refractivity contribution is 6.31. The first-order valence-corrected chi connectivity index (χ1v) is 4.10. The van der Waals surface area contributed by atoms with E-state index in [-0.39, 0.29) is 6.61 Å². The van der Waals surface area contributed by atoms with Crippen molar-refractivity contribution in [1.29, 1.82) is 0 Å². The molecule has 1 N–H and O–H groups in total. The molecule has 0 saturated heterocycles. The molecule has 0 heterocycles. The molecule has 0 atom stereocenters. The fourth-order valence-electron chi connectivity index (χ4n) is 0.997. The topological polar surface area (TPSA) is 20.2 Å². The quantitative estimate of drug-likeness (QED) is 0.772. The van der Waals surface area contributed by atoms with Crippen molar-refractivity contribution in [3.05, 3.63) is 34.3 Å². The number of rotatable bonds is 3. The second-order valence-corrected chi connectivity index (χ2v) is 2.94. The van der Waals surface area contributed by atoms with Crippen LogP contribution in [0.25, 0.3) is 0 Å². The molecule has 0 aliphatic carbocycles. The SMILES string of the molecule is OCCc1ccc(CF)cc1Cl. The van der Waals surface area contributed by atoms with Crippen LogP contribution in [0.15, 0.2) is 18.2 Å². The molecule has 0 radical (unpaired) electrons. The minimum absolute atomic E-state index is 0.0642. The molecule has 0 fully saturated rings. The minimum Gasteiger partial charge on any atom is -0.396 e. The lowest BCUT2D eigenvalue weighted by Crippen LogP contribution is -1.92. The standard InChI is InChI=1S/C9H10ClFO/c10-9-5-7(6-11)1-2-8(9)3-4-12/h1-2,5,12H,3-4,6H2. The van der Waals surface area contributed by atoms with Gasteiger partial charge in [0.1, 0.15) is 6.67 Å². The Bertz CT molecular complexity index is 263. The molecule has 0 amide bonds. The molecule has 1 aromatic rings. The van der Waals surface area contributed by atoms with Crippen LogP contribution in [-0.2, 0) is 13.1 Å². The Morgan fingerprint density at radius 3 is 2.67 bits per heavy atom.